The van der Waals surface area contributed by atoms with Gasteiger partial charge >= 0.3 is 0 Å². The van der Waals surface area contributed by atoms with E-state index in [1.807, 2.05) is 6.07 Å². The molecule has 5 nitrogen and oxygen atoms in total. The van der Waals surface area contributed by atoms with Crippen LogP contribution in [0.2, 0.25) is 0 Å². The van der Waals surface area contributed by atoms with Crippen molar-refractivity contribution >= 4 is 0 Å². The average molecular weight is 272 g/mol. The van der Waals surface area contributed by atoms with Crippen molar-refractivity contribution in [3.8, 4) is 11.4 Å². The number of hydrogen-bond donors (Lipinski definition) is 0. The molecule has 1 aliphatic rings. The Morgan fingerprint density at radius 2 is 2.15 bits per heavy atom. The number of aryl methyl sites for hydroxylation is 2. The fourth-order valence-electron chi connectivity index (χ4n) is 2.45. The van der Waals surface area contributed by atoms with Crippen LogP contribution in [0.4, 0.5) is 0 Å². The van der Waals surface area contributed by atoms with E-state index in [2.05, 4.69) is 41.4 Å². The summed E-state index contributed by atoms with van der Waals surface area (Å²) < 4.78 is 5.70. The highest BCUT2D eigenvalue weighted by molar-refractivity contribution is 5.56. The van der Waals surface area contributed by atoms with Gasteiger partial charge in [-0.3, -0.25) is 0 Å². The maximum atomic E-state index is 5.70. The molecule has 0 amide bonds. The monoisotopic (exact) mass is 272 g/mol. The molecule has 1 saturated heterocycles. The standard InChI is InChI=1S/C15H20N4O/c1-11-6-7-13(9-12(11)2)15-16-18-19(17-15)10-14-5-3-4-8-20-14/h6-7,9,14H,3-5,8,10H2,1-2H3/t14-/m0/s1. The molecule has 2 aromatic rings. The molecule has 0 bridgehead atoms. The number of ether oxygens (including phenoxy) is 1. The van der Waals surface area contributed by atoms with E-state index in [4.69, 9.17) is 4.74 Å². The molecule has 0 unspecified atom stereocenters. The van der Waals surface area contributed by atoms with Crippen molar-refractivity contribution in [3.63, 3.8) is 0 Å². The van der Waals surface area contributed by atoms with Crippen LogP contribution >= 0.6 is 0 Å². The Morgan fingerprint density at radius 3 is 2.90 bits per heavy atom. The summed E-state index contributed by atoms with van der Waals surface area (Å²) in [6.07, 6.45) is 3.70. The van der Waals surface area contributed by atoms with Crippen LogP contribution in [0.15, 0.2) is 18.2 Å². The zero-order valence-corrected chi connectivity index (χ0v) is 12.0. The van der Waals surface area contributed by atoms with E-state index in [0.29, 0.717) is 12.4 Å². The molecule has 0 N–H and O–H groups in total. The molecule has 5 heteroatoms. The highest BCUT2D eigenvalue weighted by Gasteiger charge is 2.16. The van der Waals surface area contributed by atoms with Crippen LogP contribution < -0.4 is 0 Å². The van der Waals surface area contributed by atoms with Gasteiger partial charge in [0.1, 0.15) is 0 Å². The number of benzene rings is 1. The van der Waals surface area contributed by atoms with Gasteiger partial charge in [-0.15, -0.1) is 10.2 Å². The van der Waals surface area contributed by atoms with E-state index in [0.717, 1.165) is 25.0 Å². The maximum absolute atomic E-state index is 5.70. The van der Waals surface area contributed by atoms with E-state index < -0.39 is 0 Å². The summed E-state index contributed by atoms with van der Waals surface area (Å²) in [6, 6.07) is 6.24. The molecular formula is C15H20N4O. The second kappa shape index (κ2) is 5.71. The first-order valence-electron chi connectivity index (χ1n) is 7.19. The number of hydrogen-bond acceptors (Lipinski definition) is 4. The molecule has 1 aromatic carbocycles. The van der Waals surface area contributed by atoms with Gasteiger partial charge in [0, 0.05) is 12.2 Å². The molecule has 1 aromatic heterocycles. The van der Waals surface area contributed by atoms with Crippen molar-refractivity contribution in [1.29, 1.82) is 0 Å². The van der Waals surface area contributed by atoms with Crippen LogP contribution in [0.3, 0.4) is 0 Å². The smallest absolute Gasteiger partial charge is 0.204 e. The first-order chi connectivity index (χ1) is 9.72. The quantitative estimate of drug-likeness (QED) is 0.861. The van der Waals surface area contributed by atoms with Crippen LogP contribution in [-0.4, -0.2) is 32.9 Å². The molecule has 0 spiro atoms. The van der Waals surface area contributed by atoms with E-state index in [-0.39, 0.29) is 6.10 Å². The fourth-order valence-corrected chi connectivity index (χ4v) is 2.45. The molecule has 1 fully saturated rings. The van der Waals surface area contributed by atoms with Crippen molar-refractivity contribution < 1.29 is 4.74 Å². The second-order valence-corrected chi connectivity index (χ2v) is 5.46. The highest BCUT2D eigenvalue weighted by atomic mass is 16.5. The summed E-state index contributed by atoms with van der Waals surface area (Å²) in [5, 5.41) is 12.7. The Morgan fingerprint density at radius 1 is 1.25 bits per heavy atom. The predicted octanol–water partition coefficient (Wildman–Crippen LogP) is 2.53. The molecule has 20 heavy (non-hydrogen) atoms. The minimum Gasteiger partial charge on any atom is -0.376 e. The van der Waals surface area contributed by atoms with Gasteiger partial charge in [-0.2, -0.15) is 4.80 Å². The van der Waals surface area contributed by atoms with Gasteiger partial charge in [0.2, 0.25) is 5.82 Å². The fraction of sp³-hybridized carbons (Fsp3) is 0.533. The Balaban J connectivity index is 1.73. The number of tetrazole rings is 1. The molecule has 3 rings (SSSR count). The van der Waals surface area contributed by atoms with Crippen LogP contribution in [0, 0.1) is 13.8 Å². The lowest BCUT2D eigenvalue weighted by atomic mass is 10.1. The highest BCUT2D eigenvalue weighted by Crippen LogP contribution is 2.18. The molecular weight excluding hydrogens is 252 g/mol. The number of aromatic nitrogens is 4. The molecule has 1 aliphatic heterocycles. The Bertz CT molecular complexity index is 587. The van der Waals surface area contributed by atoms with Gasteiger partial charge in [-0.05, 0) is 55.5 Å². The van der Waals surface area contributed by atoms with Crippen molar-refractivity contribution in [2.75, 3.05) is 6.61 Å². The van der Waals surface area contributed by atoms with Crippen LogP contribution in [0.5, 0.6) is 0 Å². The van der Waals surface area contributed by atoms with Gasteiger partial charge in [0.15, 0.2) is 0 Å². The maximum Gasteiger partial charge on any atom is 0.204 e. The summed E-state index contributed by atoms with van der Waals surface area (Å²) in [5.41, 5.74) is 3.54. The zero-order valence-electron chi connectivity index (χ0n) is 12.0. The first kappa shape index (κ1) is 13.2. The Labute approximate surface area is 118 Å². The Hall–Kier alpha value is -1.75. The lowest BCUT2D eigenvalue weighted by Crippen LogP contribution is -2.25. The van der Waals surface area contributed by atoms with Gasteiger partial charge in [-0.25, -0.2) is 0 Å². The SMILES string of the molecule is Cc1ccc(-c2nnn(C[C@@H]3CCCCO3)n2)cc1C. The van der Waals surface area contributed by atoms with Gasteiger partial charge in [-0.1, -0.05) is 12.1 Å². The average Bonchev–Trinajstić information content (AvgIpc) is 2.91. The third kappa shape index (κ3) is 2.88. The van der Waals surface area contributed by atoms with Gasteiger partial charge in [0.05, 0.1) is 12.6 Å². The third-order valence-electron chi connectivity index (χ3n) is 3.86. The molecule has 0 aliphatic carbocycles. The van der Waals surface area contributed by atoms with E-state index in [1.165, 1.54) is 17.5 Å². The summed E-state index contributed by atoms with van der Waals surface area (Å²) >= 11 is 0. The third-order valence-corrected chi connectivity index (χ3v) is 3.86. The van der Waals surface area contributed by atoms with Gasteiger partial charge < -0.3 is 4.74 Å². The number of rotatable bonds is 3. The lowest BCUT2D eigenvalue weighted by Gasteiger charge is -2.21. The largest absolute Gasteiger partial charge is 0.376 e. The van der Waals surface area contributed by atoms with Crippen molar-refractivity contribution in [2.24, 2.45) is 0 Å². The molecule has 1 atom stereocenters. The lowest BCUT2D eigenvalue weighted by molar-refractivity contribution is 0.00133. The van der Waals surface area contributed by atoms with Gasteiger partial charge in [0.25, 0.3) is 0 Å². The van der Waals surface area contributed by atoms with E-state index in [9.17, 15) is 0 Å². The first-order valence-corrected chi connectivity index (χ1v) is 7.19. The summed E-state index contributed by atoms with van der Waals surface area (Å²) in [7, 11) is 0. The normalized spacial score (nSPS) is 19.2. The second-order valence-electron chi connectivity index (χ2n) is 5.46. The van der Waals surface area contributed by atoms with Crippen molar-refractivity contribution in [1.82, 2.24) is 20.2 Å². The van der Waals surface area contributed by atoms with Crippen LogP contribution in [0.1, 0.15) is 30.4 Å². The van der Waals surface area contributed by atoms with Crippen LogP contribution in [-0.2, 0) is 11.3 Å². The molecule has 106 valence electrons. The Kier molecular flexibility index (Phi) is 3.78. The molecule has 0 saturated carbocycles. The summed E-state index contributed by atoms with van der Waals surface area (Å²) in [4.78, 5) is 1.65. The topological polar surface area (TPSA) is 52.8 Å². The minimum absolute atomic E-state index is 0.227. The van der Waals surface area contributed by atoms with E-state index in [1.54, 1.807) is 4.80 Å². The zero-order chi connectivity index (χ0) is 13.9. The van der Waals surface area contributed by atoms with Crippen LogP contribution in [0.25, 0.3) is 11.4 Å². The summed E-state index contributed by atoms with van der Waals surface area (Å²) in [5.74, 6) is 0.684. The predicted molar refractivity (Wildman–Crippen MR) is 76.3 cm³/mol. The van der Waals surface area contributed by atoms with E-state index >= 15 is 0 Å². The van der Waals surface area contributed by atoms with Crippen molar-refractivity contribution in [3.05, 3.63) is 29.3 Å². The number of nitrogens with zero attached hydrogens (tertiary/aromatic N) is 4. The molecule has 2 heterocycles. The summed E-state index contributed by atoms with van der Waals surface area (Å²) in [6.45, 7) is 5.74. The van der Waals surface area contributed by atoms with Crippen molar-refractivity contribution in [2.45, 2.75) is 45.8 Å². The molecule has 0 radical (unpaired) electrons. The minimum atomic E-state index is 0.227.